The molecule has 24 heavy (non-hydrogen) atoms. The molecule has 1 saturated carbocycles. The maximum atomic E-state index is 6.09. The van der Waals surface area contributed by atoms with Crippen molar-refractivity contribution in [2.45, 2.75) is 103 Å². The van der Waals surface area contributed by atoms with Gasteiger partial charge in [-0.25, -0.2) is 0 Å². The molecule has 1 heteroatoms. The average Bonchev–Trinajstić information content (AvgIpc) is 2.60. The number of hydrogen-bond donors (Lipinski definition) is 0. The summed E-state index contributed by atoms with van der Waals surface area (Å²) in [4.78, 5) is 0. The van der Waals surface area contributed by atoms with E-state index in [9.17, 15) is 0 Å². The number of rotatable bonds is 10. The molecule has 136 valence electrons. The maximum absolute atomic E-state index is 6.09. The van der Waals surface area contributed by atoms with Gasteiger partial charge in [0, 0.05) is 0 Å². The van der Waals surface area contributed by atoms with Crippen LogP contribution in [0.25, 0.3) is 0 Å². The molecule has 2 rings (SSSR count). The van der Waals surface area contributed by atoms with Crippen molar-refractivity contribution in [1.82, 2.24) is 0 Å². The summed E-state index contributed by atoms with van der Waals surface area (Å²) < 4.78 is 6.09. The summed E-state index contributed by atoms with van der Waals surface area (Å²) in [5.74, 6) is 2.81. The van der Waals surface area contributed by atoms with Crippen molar-refractivity contribution in [1.29, 1.82) is 0 Å². The molecule has 0 radical (unpaired) electrons. The van der Waals surface area contributed by atoms with E-state index in [1.165, 1.54) is 76.2 Å². The Morgan fingerprint density at radius 3 is 2.25 bits per heavy atom. The molecule has 0 aromatic heterocycles. The first-order valence-electron chi connectivity index (χ1n) is 10.5. The van der Waals surface area contributed by atoms with Gasteiger partial charge in [0.05, 0.1) is 6.10 Å². The van der Waals surface area contributed by atoms with Crippen molar-refractivity contribution in [3.8, 4) is 5.75 Å². The highest BCUT2D eigenvalue weighted by Gasteiger charge is 2.21. The van der Waals surface area contributed by atoms with Gasteiger partial charge in [-0.1, -0.05) is 58.1 Å². The fourth-order valence-electron chi connectivity index (χ4n) is 4.16. The van der Waals surface area contributed by atoms with Crippen molar-refractivity contribution in [3.63, 3.8) is 0 Å². The average molecular weight is 331 g/mol. The first-order chi connectivity index (χ1) is 11.7. The zero-order valence-electron chi connectivity index (χ0n) is 16.2. The van der Waals surface area contributed by atoms with Gasteiger partial charge in [0.1, 0.15) is 5.75 Å². The third-order valence-electron chi connectivity index (χ3n) is 5.70. The van der Waals surface area contributed by atoms with Crippen molar-refractivity contribution < 1.29 is 4.74 Å². The molecule has 1 atom stereocenters. The van der Waals surface area contributed by atoms with Gasteiger partial charge in [0.2, 0.25) is 0 Å². The summed E-state index contributed by atoms with van der Waals surface area (Å²) in [5, 5.41) is 0. The van der Waals surface area contributed by atoms with Gasteiger partial charge in [0.15, 0.2) is 0 Å². The van der Waals surface area contributed by atoms with E-state index >= 15 is 0 Å². The number of benzene rings is 1. The molecule has 0 aliphatic heterocycles. The molecular weight excluding hydrogens is 292 g/mol. The van der Waals surface area contributed by atoms with E-state index in [0.717, 1.165) is 17.6 Å². The first kappa shape index (κ1) is 19.3. The molecule has 0 saturated heterocycles. The molecule has 1 aliphatic carbocycles. The smallest absolute Gasteiger partial charge is 0.119 e. The van der Waals surface area contributed by atoms with Crippen LogP contribution in [0.15, 0.2) is 24.3 Å². The van der Waals surface area contributed by atoms with E-state index in [1.54, 1.807) is 0 Å². The maximum Gasteiger partial charge on any atom is 0.119 e. The number of unbranched alkanes of at least 4 members (excludes halogenated alkanes) is 3. The Morgan fingerprint density at radius 1 is 0.917 bits per heavy atom. The highest BCUT2D eigenvalue weighted by Crippen LogP contribution is 2.37. The topological polar surface area (TPSA) is 9.23 Å². The zero-order chi connectivity index (χ0) is 17.2. The molecule has 1 aromatic carbocycles. The molecule has 0 heterocycles. The van der Waals surface area contributed by atoms with Crippen LogP contribution >= 0.6 is 0 Å². The number of hydrogen-bond acceptors (Lipinski definition) is 1. The molecule has 0 bridgehead atoms. The van der Waals surface area contributed by atoms with Crippen LogP contribution in [0.3, 0.4) is 0 Å². The predicted molar refractivity (Wildman–Crippen MR) is 105 cm³/mol. The fourth-order valence-corrected chi connectivity index (χ4v) is 4.16. The van der Waals surface area contributed by atoms with Gasteiger partial charge < -0.3 is 4.74 Å². The molecule has 1 aliphatic rings. The minimum absolute atomic E-state index is 0.331. The van der Waals surface area contributed by atoms with Gasteiger partial charge in [0.25, 0.3) is 0 Å². The van der Waals surface area contributed by atoms with Crippen LogP contribution < -0.4 is 4.74 Å². The van der Waals surface area contributed by atoms with E-state index in [-0.39, 0.29) is 0 Å². The molecule has 0 unspecified atom stereocenters. The van der Waals surface area contributed by atoms with Gasteiger partial charge in [-0.15, -0.1) is 0 Å². The molecule has 0 N–H and O–H groups in total. The minimum Gasteiger partial charge on any atom is -0.491 e. The largest absolute Gasteiger partial charge is 0.491 e. The van der Waals surface area contributed by atoms with Gasteiger partial charge in [-0.3, -0.25) is 0 Å². The van der Waals surface area contributed by atoms with E-state index < -0.39 is 0 Å². The van der Waals surface area contributed by atoms with Gasteiger partial charge in [-0.2, -0.15) is 0 Å². The summed E-state index contributed by atoms with van der Waals surface area (Å²) in [5.41, 5.74) is 1.52. The summed E-state index contributed by atoms with van der Waals surface area (Å²) in [6, 6.07) is 9.00. The zero-order valence-corrected chi connectivity index (χ0v) is 16.2. The summed E-state index contributed by atoms with van der Waals surface area (Å²) in [6.07, 6.45) is 15.1. The summed E-state index contributed by atoms with van der Waals surface area (Å²) in [7, 11) is 0. The van der Waals surface area contributed by atoms with Crippen molar-refractivity contribution in [2.75, 3.05) is 0 Å². The second-order valence-electron chi connectivity index (χ2n) is 7.85. The first-order valence-corrected chi connectivity index (χ1v) is 10.5. The van der Waals surface area contributed by atoms with Crippen molar-refractivity contribution >= 4 is 0 Å². The summed E-state index contributed by atoms with van der Waals surface area (Å²) in [6.45, 7) is 6.78. The van der Waals surface area contributed by atoms with Crippen molar-refractivity contribution in [3.05, 3.63) is 29.8 Å². The molecular formula is C23H38O. The summed E-state index contributed by atoms with van der Waals surface area (Å²) >= 11 is 0. The molecule has 0 amide bonds. The van der Waals surface area contributed by atoms with E-state index in [0.29, 0.717) is 6.10 Å². The lowest BCUT2D eigenvalue weighted by molar-refractivity contribution is 0.206. The van der Waals surface area contributed by atoms with Crippen LogP contribution in [-0.2, 0) is 0 Å². The van der Waals surface area contributed by atoms with E-state index in [1.807, 2.05) is 0 Å². The predicted octanol–water partition coefficient (Wildman–Crippen LogP) is 7.50. The minimum atomic E-state index is 0.331. The standard InChI is InChI=1S/C23H38O/c1-4-6-7-8-10-19(3)24-23-17-15-22(16-18-23)21-13-11-20(9-5-2)12-14-21/h15-21H,4-14H2,1-3H3/t19-,20?,21?/m1/s1. The second kappa shape index (κ2) is 10.8. The fraction of sp³-hybridized carbons (Fsp3) is 0.739. The SMILES string of the molecule is CCCCCC[C@@H](C)Oc1ccc(C2CCC(CCC)CC2)cc1. The molecule has 1 aromatic rings. The van der Waals surface area contributed by atoms with Crippen LogP contribution in [0.2, 0.25) is 0 Å². The van der Waals surface area contributed by atoms with Crippen molar-refractivity contribution in [2.24, 2.45) is 5.92 Å². The highest BCUT2D eigenvalue weighted by molar-refractivity contribution is 5.29. The quantitative estimate of drug-likeness (QED) is 0.403. The molecule has 1 nitrogen and oxygen atoms in total. The normalized spacial score (nSPS) is 22.3. The Labute approximate surface area is 150 Å². The Bertz CT molecular complexity index is 428. The Balaban J connectivity index is 1.74. The van der Waals surface area contributed by atoms with Gasteiger partial charge in [-0.05, 0) is 75.0 Å². The van der Waals surface area contributed by atoms with Crippen LogP contribution in [0.4, 0.5) is 0 Å². The van der Waals surface area contributed by atoms with E-state index in [4.69, 9.17) is 4.74 Å². The Hall–Kier alpha value is -0.980. The third-order valence-corrected chi connectivity index (χ3v) is 5.70. The second-order valence-corrected chi connectivity index (χ2v) is 7.85. The van der Waals surface area contributed by atoms with Gasteiger partial charge >= 0.3 is 0 Å². The Kier molecular flexibility index (Phi) is 8.70. The van der Waals surface area contributed by atoms with Crippen LogP contribution in [0.1, 0.15) is 103 Å². The van der Waals surface area contributed by atoms with Crippen LogP contribution in [-0.4, -0.2) is 6.10 Å². The highest BCUT2D eigenvalue weighted by atomic mass is 16.5. The van der Waals surface area contributed by atoms with Crippen LogP contribution in [0, 0.1) is 5.92 Å². The Morgan fingerprint density at radius 2 is 1.62 bits per heavy atom. The molecule has 0 spiro atoms. The number of ether oxygens (including phenoxy) is 1. The molecule has 1 fully saturated rings. The lowest BCUT2D eigenvalue weighted by Gasteiger charge is -2.28. The van der Waals surface area contributed by atoms with E-state index in [2.05, 4.69) is 45.0 Å². The third kappa shape index (κ3) is 6.49. The monoisotopic (exact) mass is 330 g/mol. The lowest BCUT2D eigenvalue weighted by atomic mass is 9.77. The van der Waals surface area contributed by atoms with Crippen LogP contribution in [0.5, 0.6) is 5.75 Å². The lowest BCUT2D eigenvalue weighted by Crippen LogP contribution is -2.13.